The molecule has 0 unspecified atom stereocenters. The Kier molecular flexibility index (Phi) is 7.03. The Hall–Kier alpha value is -3.03. The summed E-state index contributed by atoms with van der Waals surface area (Å²) in [6.07, 6.45) is -2.03. The number of rotatable bonds is 7. The fourth-order valence-electron chi connectivity index (χ4n) is 2.45. The van der Waals surface area contributed by atoms with E-state index in [0.29, 0.717) is 29.7 Å². The molecule has 0 saturated heterocycles. The molecule has 0 aliphatic rings. The van der Waals surface area contributed by atoms with Crippen LogP contribution in [0.3, 0.4) is 0 Å². The molecule has 0 bridgehead atoms. The lowest BCUT2D eigenvalue weighted by Crippen LogP contribution is -2.22. The first-order valence-electron chi connectivity index (χ1n) is 8.37. The number of halogens is 4. The van der Waals surface area contributed by atoms with Gasteiger partial charge in [0, 0.05) is 12.6 Å². The molecule has 2 aromatic carbocycles. The van der Waals surface area contributed by atoms with E-state index in [4.69, 9.17) is 9.47 Å². The number of benzene rings is 2. The highest BCUT2D eigenvalue weighted by atomic mass is 19.4. The van der Waals surface area contributed by atoms with E-state index in [2.05, 4.69) is 5.32 Å². The molecule has 0 heterocycles. The van der Waals surface area contributed by atoms with Crippen LogP contribution in [-0.2, 0) is 17.5 Å². The summed E-state index contributed by atoms with van der Waals surface area (Å²) < 4.78 is 62.6. The van der Waals surface area contributed by atoms with E-state index in [1.807, 2.05) is 6.92 Å². The van der Waals surface area contributed by atoms with Crippen LogP contribution in [0.25, 0.3) is 6.08 Å². The van der Waals surface area contributed by atoms with Crippen molar-refractivity contribution in [1.82, 2.24) is 5.32 Å². The first-order chi connectivity index (χ1) is 13.2. The number of ether oxygens (including phenoxy) is 2. The summed E-state index contributed by atoms with van der Waals surface area (Å²) >= 11 is 0. The van der Waals surface area contributed by atoms with Gasteiger partial charge in [-0.3, -0.25) is 4.79 Å². The summed E-state index contributed by atoms with van der Waals surface area (Å²) in [7, 11) is 1.51. The molecular formula is C20H19F4NO3. The van der Waals surface area contributed by atoms with Gasteiger partial charge in [0.05, 0.1) is 19.3 Å². The molecule has 0 aromatic heterocycles. The summed E-state index contributed by atoms with van der Waals surface area (Å²) in [4.78, 5) is 11.9. The maximum atomic E-state index is 13.1. The molecule has 0 fully saturated rings. The molecule has 28 heavy (non-hydrogen) atoms. The van der Waals surface area contributed by atoms with Crippen molar-refractivity contribution in [2.24, 2.45) is 0 Å². The van der Waals surface area contributed by atoms with E-state index in [0.717, 1.165) is 12.1 Å². The summed E-state index contributed by atoms with van der Waals surface area (Å²) in [5, 5.41) is 2.36. The van der Waals surface area contributed by atoms with Crippen LogP contribution in [0.2, 0.25) is 0 Å². The van der Waals surface area contributed by atoms with Gasteiger partial charge in [0.2, 0.25) is 5.91 Å². The number of hydrogen-bond donors (Lipinski definition) is 1. The fraction of sp³-hybridized carbons (Fsp3) is 0.250. The molecule has 0 spiro atoms. The van der Waals surface area contributed by atoms with Crippen molar-refractivity contribution in [3.8, 4) is 11.5 Å². The molecule has 1 N–H and O–H groups in total. The van der Waals surface area contributed by atoms with Gasteiger partial charge >= 0.3 is 6.18 Å². The van der Waals surface area contributed by atoms with Crippen LogP contribution >= 0.6 is 0 Å². The Morgan fingerprint density at radius 3 is 2.54 bits per heavy atom. The topological polar surface area (TPSA) is 47.6 Å². The van der Waals surface area contributed by atoms with E-state index >= 15 is 0 Å². The van der Waals surface area contributed by atoms with Crippen LogP contribution in [0.15, 0.2) is 42.5 Å². The molecule has 2 rings (SSSR count). The molecule has 0 saturated carbocycles. The monoisotopic (exact) mass is 397 g/mol. The van der Waals surface area contributed by atoms with Crippen molar-refractivity contribution >= 4 is 12.0 Å². The molecular weight excluding hydrogens is 378 g/mol. The third-order valence-electron chi connectivity index (χ3n) is 3.75. The van der Waals surface area contributed by atoms with E-state index in [9.17, 15) is 22.4 Å². The third kappa shape index (κ3) is 5.73. The summed E-state index contributed by atoms with van der Waals surface area (Å²) in [6.45, 7) is 1.87. The Morgan fingerprint density at radius 2 is 1.89 bits per heavy atom. The predicted molar refractivity (Wildman–Crippen MR) is 96.4 cm³/mol. The lowest BCUT2D eigenvalue weighted by Gasteiger charge is -2.13. The lowest BCUT2D eigenvalue weighted by atomic mass is 10.1. The highest BCUT2D eigenvalue weighted by molar-refractivity contribution is 5.91. The minimum absolute atomic E-state index is 0.223. The minimum Gasteiger partial charge on any atom is -0.493 e. The Bertz CT molecular complexity index is 863. The van der Waals surface area contributed by atoms with E-state index in [1.54, 1.807) is 18.2 Å². The molecule has 0 aliphatic heterocycles. The van der Waals surface area contributed by atoms with Gasteiger partial charge in [-0.05, 0) is 48.4 Å². The highest BCUT2D eigenvalue weighted by Crippen LogP contribution is 2.32. The number of nitrogens with one attached hydrogen (secondary N) is 1. The summed E-state index contributed by atoms with van der Waals surface area (Å²) in [6, 6.07) is 7.38. The molecule has 0 atom stereocenters. The standard InChI is InChI=1S/C20H19F4NO3/c1-3-28-18-10-13(4-8-17(18)27-2)5-9-19(26)25-12-14-6-7-15(21)11-16(14)20(22,23)24/h4-11H,3,12H2,1-2H3,(H,25,26). The quantitative estimate of drug-likeness (QED) is 0.550. The third-order valence-corrected chi connectivity index (χ3v) is 3.75. The molecule has 1 amide bonds. The number of alkyl halides is 3. The zero-order chi connectivity index (χ0) is 20.7. The van der Waals surface area contributed by atoms with E-state index < -0.39 is 23.5 Å². The maximum absolute atomic E-state index is 13.1. The SMILES string of the molecule is CCOc1cc(C=CC(=O)NCc2ccc(F)cc2C(F)(F)F)ccc1OC. The average Bonchev–Trinajstić information content (AvgIpc) is 2.65. The second-order valence-electron chi connectivity index (χ2n) is 5.69. The molecule has 150 valence electrons. The van der Waals surface area contributed by atoms with Crippen molar-refractivity contribution in [3.63, 3.8) is 0 Å². The van der Waals surface area contributed by atoms with Crippen molar-refractivity contribution in [1.29, 1.82) is 0 Å². The number of methoxy groups -OCH3 is 1. The van der Waals surface area contributed by atoms with Crippen molar-refractivity contribution in [2.45, 2.75) is 19.6 Å². The number of carbonyl (C=O) groups is 1. The minimum atomic E-state index is -4.71. The Balaban J connectivity index is 2.06. The zero-order valence-electron chi connectivity index (χ0n) is 15.3. The van der Waals surface area contributed by atoms with E-state index in [1.165, 1.54) is 19.3 Å². The average molecular weight is 397 g/mol. The van der Waals surface area contributed by atoms with Crippen molar-refractivity contribution in [3.05, 3.63) is 65.0 Å². The predicted octanol–water partition coefficient (Wildman–Crippen LogP) is 4.58. The van der Waals surface area contributed by atoms with E-state index in [-0.39, 0.29) is 12.1 Å². The highest BCUT2D eigenvalue weighted by Gasteiger charge is 2.33. The van der Waals surface area contributed by atoms with Crippen LogP contribution in [0.5, 0.6) is 11.5 Å². The molecule has 0 radical (unpaired) electrons. The molecule has 0 aliphatic carbocycles. The van der Waals surface area contributed by atoms with Crippen LogP contribution in [0, 0.1) is 5.82 Å². The largest absolute Gasteiger partial charge is 0.493 e. The fourth-order valence-corrected chi connectivity index (χ4v) is 2.45. The van der Waals surface area contributed by atoms with Gasteiger partial charge in [-0.25, -0.2) is 4.39 Å². The summed E-state index contributed by atoms with van der Waals surface area (Å²) in [5.74, 6) is -0.536. The van der Waals surface area contributed by atoms with Gasteiger partial charge in [-0.15, -0.1) is 0 Å². The maximum Gasteiger partial charge on any atom is 0.416 e. The lowest BCUT2D eigenvalue weighted by molar-refractivity contribution is -0.138. The number of amides is 1. The van der Waals surface area contributed by atoms with Crippen LogP contribution in [-0.4, -0.2) is 19.6 Å². The normalized spacial score (nSPS) is 11.5. The first-order valence-corrected chi connectivity index (χ1v) is 8.37. The van der Waals surface area contributed by atoms with Gasteiger partial charge < -0.3 is 14.8 Å². The van der Waals surface area contributed by atoms with Crippen LogP contribution < -0.4 is 14.8 Å². The zero-order valence-corrected chi connectivity index (χ0v) is 15.3. The Labute approximate surface area is 159 Å². The number of carbonyl (C=O) groups excluding carboxylic acids is 1. The smallest absolute Gasteiger partial charge is 0.416 e. The van der Waals surface area contributed by atoms with Gasteiger partial charge in [0.1, 0.15) is 5.82 Å². The van der Waals surface area contributed by atoms with Gasteiger partial charge in [0.15, 0.2) is 11.5 Å². The van der Waals surface area contributed by atoms with Gasteiger partial charge in [-0.2, -0.15) is 13.2 Å². The summed E-state index contributed by atoms with van der Waals surface area (Å²) in [5.41, 5.74) is -0.691. The van der Waals surface area contributed by atoms with Crippen LogP contribution in [0.1, 0.15) is 23.6 Å². The van der Waals surface area contributed by atoms with Gasteiger partial charge in [0.25, 0.3) is 0 Å². The first kappa shape index (κ1) is 21.3. The molecule has 4 nitrogen and oxygen atoms in total. The van der Waals surface area contributed by atoms with Crippen LogP contribution in [0.4, 0.5) is 17.6 Å². The second kappa shape index (κ2) is 9.25. The molecule has 8 heteroatoms. The van der Waals surface area contributed by atoms with Gasteiger partial charge in [-0.1, -0.05) is 12.1 Å². The second-order valence-corrected chi connectivity index (χ2v) is 5.69. The molecule has 2 aromatic rings. The van der Waals surface area contributed by atoms with Crippen molar-refractivity contribution < 1.29 is 31.8 Å². The van der Waals surface area contributed by atoms with Crippen molar-refractivity contribution in [2.75, 3.05) is 13.7 Å². The number of hydrogen-bond acceptors (Lipinski definition) is 3. The Morgan fingerprint density at radius 1 is 1.14 bits per heavy atom.